The van der Waals surface area contributed by atoms with E-state index in [1.807, 2.05) is 43.3 Å². The summed E-state index contributed by atoms with van der Waals surface area (Å²) in [5.41, 5.74) is 8.96. The normalized spacial score (nSPS) is 10.7. The Labute approximate surface area is 133 Å². The molecule has 0 aliphatic rings. The molecule has 0 unspecified atom stereocenters. The average molecular weight is 310 g/mol. The Morgan fingerprint density at radius 3 is 2.91 bits per heavy atom. The topological polar surface area (TPSA) is 82.2 Å². The van der Waals surface area contributed by atoms with Crippen LogP contribution in [-0.2, 0) is 11.3 Å². The smallest absolute Gasteiger partial charge is 0.246 e. The number of ether oxygens (including phenoxy) is 1. The van der Waals surface area contributed by atoms with Crippen molar-refractivity contribution in [2.75, 3.05) is 18.2 Å². The van der Waals surface area contributed by atoms with Crippen molar-refractivity contribution in [2.24, 2.45) is 0 Å². The Morgan fingerprint density at radius 2 is 2.13 bits per heavy atom. The van der Waals surface area contributed by atoms with Gasteiger partial charge in [0.25, 0.3) is 0 Å². The van der Waals surface area contributed by atoms with Crippen LogP contribution < -0.4 is 15.8 Å². The number of carbonyl (C=O) groups is 1. The molecule has 0 saturated heterocycles. The number of nitrogens with one attached hydrogen (secondary N) is 1. The van der Waals surface area contributed by atoms with E-state index in [-0.39, 0.29) is 12.5 Å². The number of anilines is 2. The molecule has 1 amide bonds. The van der Waals surface area contributed by atoms with Crippen LogP contribution in [0.5, 0.6) is 5.75 Å². The number of aromatic nitrogens is 2. The van der Waals surface area contributed by atoms with Gasteiger partial charge in [-0.1, -0.05) is 6.07 Å². The van der Waals surface area contributed by atoms with E-state index in [0.29, 0.717) is 17.1 Å². The maximum absolute atomic E-state index is 12.3. The molecule has 0 saturated carbocycles. The maximum Gasteiger partial charge on any atom is 0.246 e. The van der Waals surface area contributed by atoms with Gasteiger partial charge in [0.15, 0.2) is 0 Å². The molecule has 3 aromatic rings. The summed E-state index contributed by atoms with van der Waals surface area (Å²) in [5.74, 6) is 0.444. The van der Waals surface area contributed by atoms with Crippen LogP contribution >= 0.6 is 0 Å². The molecule has 0 bridgehead atoms. The lowest BCUT2D eigenvalue weighted by Gasteiger charge is -2.11. The highest BCUT2D eigenvalue weighted by Gasteiger charge is 2.11. The summed E-state index contributed by atoms with van der Waals surface area (Å²) in [6.45, 7) is 2.06. The molecule has 0 radical (unpaired) electrons. The van der Waals surface area contributed by atoms with Gasteiger partial charge in [0.2, 0.25) is 5.91 Å². The number of fused-ring (bicyclic) bond motifs is 1. The fourth-order valence-electron chi connectivity index (χ4n) is 2.46. The van der Waals surface area contributed by atoms with E-state index in [9.17, 15) is 4.79 Å². The Kier molecular flexibility index (Phi) is 3.89. The van der Waals surface area contributed by atoms with E-state index in [2.05, 4.69) is 10.4 Å². The number of benzene rings is 2. The van der Waals surface area contributed by atoms with E-state index in [1.165, 1.54) is 0 Å². The minimum Gasteiger partial charge on any atom is -0.495 e. The van der Waals surface area contributed by atoms with Crippen molar-refractivity contribution in [2.45, 2.75) is 13.5 Å². The van der Waals surface area contributed by atoms with E-state index in [0.717, 1.165) is 16.5 Å². The van der Waals surface area contributed by atoms with Gasteiger partial charge in [-0.25, -0.2) is 0 Å². The van der Waals surface area contributed by atoms with Crippen molar-refractivity contribution in [3.05, 3.63) is 48.2 Å². The molecule has 0 aliphatic carbocycles. The molecule has 1 heterocycles. The molecule has 6 nitrogen and oxygen atoms in total. The lowest BCUT2D eigenvalue weighted by Crippen LogP contribution is -2.19. The number of methoxy groups -OCH3 is 1. The summed E-state index contributed by atoms with van der Waals surface area (Å²) in [5, 5.41) is 8.06. The zero-order chi connectivity index (χ0) is 16.4. The standard InChI is InChI=1S/C17H18N4O2/c1-11-3-6-16(23-2)14(7-11)20-17(22)10-21-15-8-13(18)5-4-12(15)9-19-21/h3-9H,10,18H2,1-2H3,(H,20,22). The number of nitrogens with zero attached hydrogens (tertiary/aromatic N) is 2. The zero-order valence-corrected chi connectivity index (χ0v) is 13.0. The quantitative estimate of drug-likeness (QED) is 0.726. The number of amides is 1. The third-order valence-corrected chi connectivity index (χ3v) is 3.59. The van der Waals surface area contributed by atoms with Gasteiger partial charge in [0.05, 0.1) is 24.5 Å². The fourth-order valence-corrected chi connectivity index (χ4v) is 2.46. The van der Waals surface area contributed by atoms with Crippen LogP contribution in [0.3, 0.4) is 0 Å². The highest BCUT2D eigenvalue weighted by molar-refractivity contribution is 5.93. The van der Waals surface area contributed by atoms with Gasteiger partial charge in [-0.2, -0.15) is 5.10 Å². The molecule has 0 fully saturated rings. The molecule has 2 aromatic carbocycles. The molecule has 1 aromatic heterocycles. The molecule has 0 aliphatic heterocycles. The zero-order valence-electron chi connectivity index (χ0n) is 13.0. The summed E-state index contributed by atoms with van der Waals surface area (Å²) >= 11 is 0. The molecule has 23 heavy (non-hydrogen) atoms. The van der Waals surface area contributed by atoms with E-state index in [1.54, 1.807) is 18.0 Å². The Morgan fingerprint density at radius 1 is 1.30 bits per heavy atom. The second-order valence-electron chi connectivity index (χ2n) is 5.37. The fraction of sp³-hybridized carbons (Fsp3) is 0.176. The van der Waals surface area contributed by atoms with Crippen LogP contribution in [0.25, 0.3) is 10.9 Å². The molecule has 3 rings (SSSR count). The van der Waals surface area contributed by atoms with Crippen LogP contribution in [0.15, 0.2) is 42.6 Å². The maximum atomic E-state index is 12.3. The van der Waals surface area contributed by atoms with Crippen LogP contribution in [0, 0.1) is 6.92 Å². The molecule has 0 spiro atoms. The van der Waals surface area contributed by atoms with Gasteiger partial charge < -0.3 is 15.8 Å². The Bertz CT molecular complexity index is 870. The Hall–Kier alpha value is -3.02. The first-order chi connectivity index (χ1) is 11.1. The third kappa shape index (κ3) is 3.11. The lowest BCUT2D eigenvalue weighted by molar-refractivity contribution is -0.116. The van der Waals surface area contributed by atoms with Crippen LogP contribution in [0.4, 0.5) is 11.4 Å². The average Bonchev–Trinajstić information content (AvgIpc) is 2.90. The summed E-state index contributed by atoms with van der Waals surface area (Å²) in [6.07, 6.45) is 1.72. The highest BCUT2D eigenvalue weighted by atomic mass is 16.5. The monoisotopic (exact) mass is 310 g/mol. The molecule has 6 heteroatoms. The van der Waals surface area contributed by atoms with Gasteiger partial charge in [-0.3, -0.25) is 9.48 Å². The summed E-state index contributed by atoms with van der Waals surface area (Å²) in [7, 11) is 1.57. The molecular formula is C17H18N4O2. The number of nitrogens with two attached hydrogens (primary N) is 1. The minimum absolute atomic E-state index is 0.101. The van der Waals surface area contributed by atoms with E-state index < -0.39 is 0 Å². The SMILES string of the molecule is COc1ccc(C)cc1NC(=O)Cn1ncc2ccc(N)cc21. The predicted octanol–water partition coefficient (Wildman–Crippen LogP) is 2.57. The third-order valence-electron chi connectivity index (χ3n) is 3.59. The second kappa shape index (κ2) is 6.00. The molecular weight excluding hydrogens is 292 g/mol. The van der Waals surface area contributed by atoms with Crippen molar-refractivity contribution < 1.29 is 9.53 Å². The van der Waals surface area contributed by atoms with Crippen LogP contribution in [0.1, 0.15) is 5.56 Å². The second-order valence-corrected chi connectivity index (χ2v) is 5.37. The van der Waals surface area contributed by atoms with Gasteiger partial charge in [-0.15, -0.1) is 0 Å². The predicted molar refractivity (Wildman–Crippen MR) is 90.5 cm³/mol. The van der Waals surface area contributed by atoms with Crippen molar-refractivity contribution in [1.29, 1.82) is 0 Å². The van der Waals surface area contributed by atoms with Gasteiger partial charge in [0, 0.05) is 11.1 Å². The molecule has 3 N–H and O–H groups in total. The van der Waals surface area contributed by atoms with Gasteiger partial charge in [-0.05, 0) is 42.8 Å². The first kappa shape index (κ1) is 14.9. The first-order valence-corrected chi connectivity index (χ1v) is 7.22. The molecule has 118 valence electrons. The number of hydrogen-bond donors (Lipinski definition) is 2. The minimum atomic E-state index is -0.179. The van der Waals surface area contributed by atoms with Gasteiger partial charge in [0.1, 0.15) is 12.3 Å². The van der Waals surface area contributed by atoms with Crippen molar-refractivity contribution in [1.82, 2.24) is 9.78 Å². The highest BCUT2D eigenvalue weighted by Crippen LogP contribution is 2.25. The molecule has 0 atom stereocenters. The van der Waals surface area contributed by atoms with Crippen molar-refractivity contribution in [3.63, 3.8) is 0 Å². The van der Waals surface area contributed by atoms with Crippen LogP contribution in [0.2, 0.25) is 0 Å². The lowest BCUT2D eigenvalue weighted by atomic mass is 10.2. The summed E-state index contributed by atoms with van der Waals surface area (Å²) < 4.78 is 6.90. The van der Waals surface area contributed by atoms with Gasteiger partial charge >= 0.3 is 0 Å². The van der Waals surface area contributed by atoms with E-state index >= 15 is 0 Å². The number of carbonyl (C=O) groups excluding carboxylic acids is 1. The Balaban J connectivity index is 1.81. The number of nitrogen functional groups attached to an aromatic ring is 1. The van der Waals surface area contributed by atoms with Crippen molar-refractivity contribution >= 4 is 28.2 Å². The first-order valence-electron chi connectivity index (χ1n) is 7.22. The number of rotatable bonds is 4. The summed E-state index contributed by atoms with van der Waals surface area (Å²) in [4.78, 5) is 12.3. The van der Waals surface area contributed by atoms with E-state index in [4.69, 9.17) is 10.5 Å². The number of aryl methyl sites for hydroxylation is 1. The largest absolute Gasteiger partial charge is 0.495 e. The number of hydrogen-bond acceptors (Lipinski definition) is 4. The summed E-state index contributed by atoms with van der Waals surface area (Å²) in [6, 6.07) is 11.1. The van der Waals surface area contributed by atoms with Crippen molar-refractivity contribution in [3.8, 4) is 5.75 Å². The van der Waals surface area contributed by atoms with Crippen LogP contribution in [-0.4, -0.2) is 22.8 Å².